The van der Waals surface area contributed by atoms with Crippen molar-refractivity contribution in [1.82, 2.24) is 9.55 Å². The Labute approximate surface area is 103 Å². The van der Waals surface area contributed by atoms with Crippen LogP contribution < -0.4 is 5.73 Å². The van der Waals surface area contributed by atoms with E-state index in [0.717, 1.165) is 30.6 Å². The molecule has 3 nitrogen and oxygen atoms in total. The summed E-state index contributed by atoms with van der Waals surface area (Å²) < 4.78 is 2.18. The van der Waals surface area contributed by atoms with Crippen LogP contribution in [0.15, 0.2) is 18.2 Å². The highest BCUT2D eigenvalue weighted by atomic mass is 15.1. The smallest absolute Gasteiger partial charge is 0.111 e. The van der Waals surface area contributed by atoms with Gasteiger partial charge in [0.2, 0.25) is 0 Å². The van der Waals surface area contributed by atoms with Crippen LogP contribution in [0.25, 0.3) is 11.0 Å². The lowest BCUT2D eigenvalue weighted by atomic mass is 10.1. The molecule has 1 atom stereocenters. The topological polar surface area (TPSA) is 43.8 Å². The van der Waals surface area contributed by atoms with E-state index in [4.69, 9.17) is 5.73 Å². The van der Waals surface area contributed by atoms with Gasteiger partial charge in [-0.1, -0.05) is 25.5 Å². The van der Waals surface area contributed by atoms with Crippen LogP contribution in [0.2, 0.25) is 0 Å². The maximum Gasteiger partial charge on any atom is 0.111 e. The van der Waals surface area contributed by atoms with Crippen LogP contribution in [0.3, 0.4) is 0 Å². The molecule has 92 valence electrons. The van der Waals surface area contributed by atoms with Gasteiger partial charge < -0.3 is 10.3 Å². The fourth-order valence-electron chi connectivity index (χ4n) is 2.40. The number of fused-ring (bicyclic) bond motifs is 1. The van der Waals surface area contributed by atoms with Gasteiger partial charge in [0.25, 0.3) is 0 Å². The number of aryl methyl sites for hydroxylation is 2. The molecule has 1 heterocycles. The van der Waals surface area contributed by atoms with Crippen molar-refractivity contribution in [1.29, 1.82) is 0 Å². The predicted molar refractivity (Wildman–Crippen MR) is 72.0 cm³/mol. The fourth-order valence-corrected chi connectivity index (χ4v) is 2.40. The minimum atomic E-state index is 0.218. The molecule has 0 amide bonds. The van der Waals surface area contributed by atoms with Gasteiger partial charge in [-0.2, -0.15) is 0 Å². The molecular formula is C14H21N3. The molecule has 2 N–H and O–H groups in total. The third-order valence-corrected chi connectivity index (χ3v) is 3.29. The van der Waals surface area contributed by atoms with Crippen LogP contribution in [-0.2, 0) is 13.5 Å². The van der Waals surface area contributed by atoms with Crippen molar-refractivity contribution in [3.8, 4) is 0 Å². The van der Waals surface area contributed by atoms with Gasteiger partial charge in [0.05, 0.1) is 11.0 Å². The van der Waals surface area contributed by atoms with Crippen LogP contribution >= 0.6 is 0 Å². The fraction of sp³-hybridized carbons (Fsp3) is 0.500. The number of rotatable bonds is 4. The average molecular weight is 231 g/mol. The zero-order chi connectivity index (χ0) is 12.4. The first-order valence-electron chi connectivity index (χ1n) is 6.30. The van der Waals surface area contributed by atoms with Crippen LogP contribution in [-0.4, -0.2) is 15.6 Å². The Kier molecular flexibility index (Phi) is 3.48. The van der Waals surface area contributed by atoms with Crippen molar-refractivity contribution in [2.45, 2.75) is 39.2 Å². The summed E-state index contributed by atoms with van der Waals surface area (Å²) in [5.41, 5.74) is 9.67. The van der Waals surface area contributed by atoms with Gasteiger partial charge in [-0.05, 0) is 25.0 Å². The van der Waals surface area contributed by atoms with Crippen molar-refractivity contribution in [3.05, 3.63) is 29.6 Å². The first kappa shape index (κ1) is 12.1. The molecule has 0 aliphatic rings. The van der Waals surface area contributed by atoms with Gasteiger partial charge in [-0.3, -0.25) is 0 Å². The molecule has 0 aliphatic heterocycles. The van der Waals surface area contributed by atoms with E-state index in [1.807, 2.05) is 0 Å². The van der Waals surface area contributed by atoms with Crippen molar-refractivity contribution in [2.75, 3.05) is 0 Å². The Morgan fingerprint density at radius 2 is 2.18 bits per heavy atom. The molecule has 0 radical (unpaired) electrons. The van der Waals surface area contributed by atoms with Crippen molar-refractivity contribution >= 4 is 11.0 Å². The summed E-state index contributed by atoms with van der Waals surface area (Å²) in [6.45, 7) is 4.29. The SMILES string of the molecule is CCCC(N)Cc1nc2cccc(C)c2n1C. The molecule has 0 spiro atoms. The van der Waals surface area contributed by atoms with Crippen LogP contribution in [0.5, 0.6) is 0 Å². The highest BCUT2D eigenvalue weighted by Crippen LogP contribution is 2.19. The van der Waals surface area contributed by atoms with Gasteiger partial charge in [0, 0.05) is 19.5 Å². The number of aromatic nitrogens is 2. The molecule has 2 aromatic rings. The maximum absolute atomic E-state index is 6.09. The summed E-state index contributed by atoms with van der Waals surface area (Å²) in [6.07, 6.45) is 3.05. The molecule has 0 saturated carbocycles. The van der Waals surface area contributed by atoms with E-state index < -0.39 is 0 Å². The Bertz CT molecular complexity index is 513. The second-order valence-corrected chi connectivity index (χ2v) is 4.78. The predicted octanol–water partition coefficient (Wildman–Crippen LogP) is 2.55. The first-order chi connectivity index (χ1) is 8.13. The largest absolute Gasteiger partial charge is 0.331 e. The Morgan fingerprint density at radius 1 is 1.41 bits per heavy atom. The number of hydrogen-bond donors (Lipinski definition) is 1. The van der Waals surface area contributed by atoms with Crippen molar-refractivity contribution < 1.29 is 0 Å². The van der Waals surface area contributed by atoms with E-state index in [0.29, 0.717) is 0 Å². The third kappa shape index (κ3) is 2.34. The van der Waals surface area contributed by atoms with Crippen molar-refractivity contribution in [3.63, 3.8) is 0 Å². The van der Waals surface area contributed by atoms with E-state index in [1.54, 1.807) is 0 Å². The summed E-state index contributed by atoms with van der Waals surface area (Å²) in [6, 6.07) is 6.47. The standard InChI is InChI=1S/C14H21N3/c1-4-6-11(15)9-13-16-12-8-5-7-10(2)14(12)17(13)3/h5,7-8,11H,4,6,9,15H2,1-3H3. The van der Waals surface area contributed by atoms with Crippen molar-refractivity contribution in [2.24, 2.45) is 12.8 Å². The first-order valence-corrected chi connectivity index (χ1v) is 6.30. The van der Waals surface area contributed by atoms with Crippen LogP contribution in [0.1, 0.15) is 31.2 Å². The molecule has 2 rings (SSSR count). The Balaban J connectivity index is 2.36. The molecule has 0 fully saturated rings. The highest BCUT2D eigenvalue weighted by molar-refractivity contribution is 5.79. The minimum Gasteiger partial charge on any atom is -0.331 e. The van der Waals surface area contributed by atoms with Crippen LogP contribution in [0, 0.1) is 6.92 Å². The molecule has 3 heteroatoms. The molecule has 1 aromatic heterocycles. The number of imidazole rings is 1. The summed E-state index contributed by atoms with van der Waals surface area (Å²) in [5.74, 6) is 1.09. The summed E-state index contributed by atoms with van der Waals surface area (Å²) in [4.78, 5) is 4.68. The highest BCUT2D eigenvalue weighted by Gasteiger charge is 2.12. The number of para-hydroxylation sites is 1. The maximum atomic E-state index is 6.09. The zero-order valence-corrected chi connectivity index (χ0v) is 10.9. The second-order valence-electron chi connectivity index (χ2n) is 4.78. The van der Waals surface area contributed by atoms with Gasteiger partial charge in [-0.25, -0.2) is 4.98 Å². The van der Waals surface area contributed by atoms with Gasteiger partial charge in [0.1, 0.15) is 5.82 Å². The molecule has 1 unspecified atom stereocenters. The van der Waals surface area contributed by atoms with Crippen LogP contribution in [0.4, 0.5) is 0 Å². The van der Waals surface area contributed by atoms with E-state index in [9.17, 15) is 0 Å². The lowest BCUT2D eigenvalue weighted by molar-refractivity contribution is 0.576. The number of nitrogens with zero attached hydrogens (tertiary/aromatic N) is 2. The molecule has 0 saturated heterocycles. The lowest BCUT2D eigenvalue weighted by Gasteiger charge is -2.10. The number of hydrogen-bond acceptors (Lipinski definition) is 2. The van der Waals surface area contributed by atoms with E-state index in [-0.39, 0.29) is 6.04 Å². The molecule has 0 bridgehead atoms. The zero-order valence-electron chi connectivity index (χ0n) is 10.9. The van der Waals surface area contributed by atoms with E-state index in [1.165, 1.54) is 11.1 Å². The molecule has 1 aromatic carbocycles. The quantitative estimate of drug-likeness (QED) is 0.878. The number of benzene rings is 1. The number of nitrogens with two attached hydrogens (primary N) is 1. The molecule has 0 aliphatic carbocycles. The third-order valence-electron chi connectivity index (χ3n) is 3.29. The molecule has 17 heavy (non-hydrogen) atoms. The Hall–Kier alpha value is -1.35. The average Bonchev–Trinajstić information content (AvgIpc) is 2.57. The van der Waals surface area contributed by atoms with Gasteiger partial charge in [0.15, 0.2) is 0 Å². The van der Waals surface area contributed by atoms with Gasteiger partial charge in [-0.15, -0.1) is 0 Å². The van der Waals surface area contributed by atoms with E-state index in [2.05, 4.69) is 48.6 Å². The van der Waals surface area contributed by atoms with E-state index >= 15 is 0 Å². The second kappa shape index (κ2) is 4.88. The summed E-state index contributed by atoms with van der Waals surface area (Å²) >= 11 is 0. The summed E-state index contributed by atoms with van der Waals surface area (Å²) in [5, 5.41) is 0. The lowest BCUT2D eigenvalue weighted by Crippen LogP contribution is -2.24. The van der Waals surface area contributed by atoms with Gasteiger partial charge >= 0.3 is 0 Å². The minimum absolute atomic E-state index is 0.218. The normalized spacial score (nSPS) is 13.2. The molecular weight excluding hydrogens is 210 g/mol. The monoisotopic (exact) mass is 231 g/mol. The Morgan fingerprint density at radius 3 is 2.82 bits per heavy atom. The summed E-state index contributed by atoms with van der Waals surface area (Å²) in [7, 11) is 2.08.